The molecule has 1 aromatic carbocycles. The summed E-state index contributed by atoms with van der Waals surface area (Å²) in [5.74, 6) is -0.157. The van der Waals surface area contributed by atoms with Crippen LogP contribution in [0.4, 0.5) is 17.2 Å². The van der Waals surface area contributed by atoms with Crippen LogP contribution < -0.4 is 15.8 Å². The summed E-state index contributed by atoms with van der Waals surface area (Å²) in [7, 11) is 1.40. The van der Waals surface area contributed by atoms with Crippen LogP contribution in [0.1, 0.15) is 10.4 Å². The number of nitrogens with one attached hydrogen (secondary N) is 1. The molecule has 0 unspecified atom stereocenters. The van der Waals surface area contributed by atoms with Crippen LogP contribution in [0.25, 0.3) is 0 Å². The molecule has 1 heterocycles. The fourth-order valence-electron chi connectivity index (χ4n) is 1.71. The van der Waals surface area contributed by atoms with Gasteiger partial charge in [-0.05, 0) is 18.2 Å². The molecule has 108 valence electrons. The number of carbonyl (C=O) groups is 1. The lowest BCUT2D eigenvalue weighted by Gasteiger charge is -2.10. The molecule has 1 amide bonds. The number of pyridine rings is 1. The third-order valence-corrected chi connectivity index (χ3v) is 2.73. The van der Waals surface area contributed by atoms with Crippen molar-refractivity contribution >= 4 is 23.1 Å². The number of hydrogen-bond acceptors (Lipinski definition) is 6. The summed E-state index contributed by atoms with van der Waals surface area (Å²) in [6.07, 6.45) is 1.46. The van der Waals surface area contributed by atoms with E-state index in [0.717, 1.165) is 0 Å². The predicted molar refractivity (Wildman–Crippen MR) is 76.3 cm³/mol. The van der Waals surface area contributed by atoms with Gasteiger partial charge in [0.2, 0.25) is 0 Å². The first-order valence-corrected chi connectivity index (χ1v) is 5.87. The number of ether oxygens (including phenoxy) is 1. The molecule has 0 aliphatic carbocycles. The van der Waals surface area contributed by atoms with Crippen LogP contribution in [0.5, 0.6) is 5.75 Å². The van der Waals surface area contributed by atoms with Crippen LogP contribution in [0.15, 0.2) is 36.5 Å². The van der Waals surface area contributed by atoms with Crippen molar-refractivity contribution in [3.05, 3.63) is 52.2 Å². The molecule has 2 aromatic rings. The number of rotatable bonds is 4. The van der Waals surface area contributed by atoms with Gasteiger partial charge >= 0.3 is 0 Å². The fraction of sp³-hybridized carbons (Fsp3) is 0.0769. The minimum absolute atomic E-state index is 0.0689. The highest BCUT2D eigenvalue weighted by Crippen LogP contribution is 2.29. The molecule has 0 fully saturated rings. The molecule has 3 N–H and O–H groups in total. The lowest BCUT2D eigenvalue weighted by atomic mass is 10.2. The summed E-state index contributed by atoms with van der Waals surface area (Å²) < 4.78 is 5.06. The second-order valence-corrected chi connectivity index (χ2v) is 4.03. The zero-order valence-corrected chi connectivity index (χ0v) is 11.1. The van der Waals surface area contributed by atoms with E-state index in [1.165, 1.54) is 37.6 Å². The number of benzene rings is 1. The fourth-order valence-corrected chi connectivity index (χ4v) is 1.71. The van der Waals surface area contributed by atoms with Gasteiger partial charge in [0, 0.05) is 18.3 Å². The molecular formula is C13H12N4O4. The first-order chi connectivity index (χ1) is 10.0. The Labute approximate surface area is 119 Å². The van der Waals surface area contributed by atoms with Crippen LogP contribution >= 0.6 is 0 Å². The van der Waals surface area contributed by atoms with Crippen molar-refractivity contribution in [2.45, 2.75) is 0 Å². The van der Waals surface area contributed by atoms with Crippen molar-refractivity contribution in [1.82, 2.24) is 4.98 Å². The van der Waals surface area contributed by atoms with Gasteiger partial charge in [0.05, 0.1) is 23.3 Å². The number of nitrogen functional groups attached to an aromatic ring is 1. The molecule has 0 saturated heterocycles. The molecule has 0 aliphatic rings. The summed E-state index contributed by atoms with van der Waals surface area (Å²) in [4.78, 5) is 26.2. The number of nitro groups is 1. The predicted octanol–water partition coefficient (Wildman–Crippen LogP) is 1.83. The average Bonchev–Trinajstić information content (AvgIpc) is 2.47. The van der Waals surface area contributed by atoms with E-state index in [9.17, 15) is 14.9 Å². The molecule has 0 radical (unpaired) electrons. The Balaban J connectivity index is 2.34. The number of amides is 1. The Morgan fingerprint density at radius 2 is 2.19 bits per heavy atom. The monoisotopic (exact) mass is 288 g/mol. The summed E-state index contributed by atoms with van der Waals surface area (Å²) >= 11 is 0. The molecular weight excluding hydrogens is 276 g/mol. The standard InChI is InChI=1S/C13H12N4O4/c1-21-11-5-4-8(17(19)20)7-10(11)16-13(18)9-3-2-6-15-12(9)14/h2-7H,1H3,(H2,14,15)(H,16,18). The van der Waals surface area contributed by atoms with Crippen molar-refractivity contribution in [3.63, 3.8) is 0 Å². The van der Waals surface area contributed by atoms with Crippen LogP contribution in [0, 0.1) is 10.1 Å². The van der Waals surface area contributed by atoms with Crippen LogP contribution in [0.3, 0.4) is 0 Å². The zero-order chi connectivity index (χ0) is 15.4. The highest BCUT2D eigenvalue weighted by atomic mass is 16.6. The first kappa shape index (κ1) is 14.3. The number of anilines is 2. The van der Waals surface area contributed by atoms with E-state index >= 15 is 0 Å². The van der Waals surface area contributed by atoms with E-state index in [0.29, 0.717) is 5.75 Å². The van der Waals surface area contributed by atoms with E-state index < -0.39 is 10.8 Å². The molecule has 0 saturated carbocycles. The van der Waals surface area contributed by atoms with Crippen molar-refractivity contribution in [2.24, 2.45) is 0 Å². The van der Waals surface area contributed by atoms with Gasteiger partial charge in [-0.2, -0.15) is 0 Å². The lowest BCUT2D eigenvalue weighted by Crippen LogP contribution is -2.15. The topological polar surface area (TPSA) is 120 Å². The minimum Gasteiger partial charge on any atom is -0.495 e. The minimum atomic E-state index is -0.562. The van der Waals surface area contributed by atoms with Crippen LogP contribution in [-0.4, -0.2) is 22.9 Å². The summed E-state index contributed by atoms with van der Waals surface area (Å²) in [5.41, 5.74) is 5.80. The number of methoxy groups -OCH3 is 1. The second kappa shape index (κ2) is 5.87. The Morgan fingerprint density at radius 1 is 1.43 bits per heavy atom. The molecule has 21 heavy (non-hydrogen) atoms. The van der Waals surface area contributed by atoms with E-state index in [1.54, 1.807) is 6.07 Å². The number of hydrogen-bond donors (Lipinski definition) is 2. The van der Waals surface area contributed by atoms with Crippen molar-refractivity contribution in [1.29, 1.82) is 0 Å². The molecule has 0 atom stereocenters. The van der Waals surface area contributed by atoms with Gasteiger partial charge in [-0.3, -0.25) is 14.9 Å². The van der Waals surface area contributed by atoms with E-state index in [-0.39, 0.29) is 22.8 Å². The number of nitro benzene ring substituents is 1. The Kier molecular flexibility index (Phi) is 3.98. The number of non-ortho nitro benzene ring substituents is 1. The quantitative estimate of drug-likeness (QED) is 0.654. The SMILES string of the molecule is COc1ccc([N+](=O)[O-])cc1NC(=O)c1cccnc1N. The maximum Gasteiger partial charge on any atom is 0.271 e. The number of nitrogens with two attached hydrogens (primary N) is 1. The van der Waals surface area contributed by atoms with Gasteiger partial charge in [-0.15, -0.1) is 0 Å². The molecule has 2 rings (SSSR count). The van der Waals surface area contributed by atoms with Crippen molar-refractivity contribution < 1.29 is 14.5 Å². The molecule has 0 bridgehead atoms. The third-order valence-electron chi connectivity index (χ3n) is 2.73. The summed E-state index contributed by atoms with van der Waals surface area (Å²) in [6.45, 7) is 0. The van der Waals surface area contributed by atoms with Crippen molar-refractivity contribution in [2.75, 3.05) is 18.2 Å². The highest BCUT2D eigenvalue weighted by molar-refractivity contribution is 6.07. The van der Waals surface area contributed by atoms with Gasteiger partial charge in [-0.1, -0.05) is 0 Å². The van der Waals surface area contributed by atoms with E-state index in [2.05, 4.69) is 10.3 Å². The molecule has 1 aromatic heterocycles. The Hall–Kier alpha value is -3.16. The lowest BCUT2D eigenvalue weighted by molar-refractivity contribution is -0.384. The number of nitrogens with zero attached hydrogens (tertiary/aromatic N) is 2. The first-order valence-electron chi connectivity index (χ1n) is 5.87. The zero-order valence-electron chi connectivity index (χ0n) is 11.1. The average molecular weight is 288 g/mol. The second-order valence-electron chi connectivity index (χ2n) is 4.03. The van der Waals surface area contributed by atoms with Crippen LogP contribution in [0.2, 0.25) is 0 Å². The van der Waals surface area contributed by atoms with Crippen LogP contribution in [-0.2, 0) is 0 Å². The number of aromatic nitrogens is 1. The van der Waals surface area contributed by atoms with Gasteiger partial charge in [0.15, 0.2) is 0 Å². The van der Waals surface area contributed by atoms with Gasteiger partial charge < -0.3 is 15.8 Å². The highest BCUT2D eigenvalue weighted by Gasteiger charge is 2.16. The smallest absolute Gasteiger partial charge is 0.271 e. The molecule has 0 aliphatic heterocycles. The van der Waals surface area contributed by atoms with Gasteiger partial charge in [0.1, 0.15) is 11.6 Å². The Bertz CT molecular complexity index is 702. The van der Waals surface area contributed by atoms with Crippen molar-refractivity contribution in [3.8, 4) is 5.75 Å². The third kappa shape index (κ3) is 3.06. The molecule has 8 nitrogen and oxygen atoms in total. The maximum absolute atomic E-state index is 12.1. The number of carbonyl (C=O) groups excluding carboxylic acids is 1. The molecule has 0 spiro atoms. The molecule has 8 heteroatoms. The van der Waals surface area contributed by atoms with Gasteiger partial charge in [0.25, 0.3) is 11.6 Å². The van der Waals surface area contributed by atoms with E-state index in [4.69, 9.17) is 10.5 Å². The maximum atomic E-state index is 12.1. The van der Waals surface area contributed by atoms with E-state index in [1.807, 2.05) is 0 Å². The Morgan fingerprint density at radius 3 is 2.81 bits per heavy atom. The van der Waals surface area contributed by atoms with Gasteiger partial charge in [-0.25, -0.2) is 4.98 Å². The summed E-state index contributed by atoms with van der Waals surface area (Å²) in [5, 5.41) is 13.3. The summed E-state index contributed by atoms with van der Waals surface area (Å²) in [6, 6.07) is 6.97. The normalized spacial score (nSPS) is 9.95. The largest absolute Gasteiger partial charge is 0.495 e.